The first kappa shape index (κ1) is 13.7. The van der Waals surface area contributed by atoms with E-state index < -0.39 is 0 Å². The molecule has 3 rings (SSSR count). The molecule has 0 bridgehead atoms. The summed E-state index contributed by atoms with van der Waals surface area (Å²) in [5, 5.41) is 1.06. The van der Waals surface area contributed by atoms with Crippen molar-refractivity contribution in [1.82, 2.24) is 19.5 Å². The summed E-state index contributed by atoms with van der Waals surface area (Å²) in [6.07, 6.45) is 8.91. The highest BCUT2D eigenvalue weighted by molar-refractivity contribution is 5.93. The average Bonchev–Trinajstić information content (AvgIpc) is 2.92. The number of rotatable bonds is 6. The van der Waals surface area contributed by atoms with Crippen molar-refractivity contribution >= 4 is 11.0 Å². The molecule has 6 nitrogen and oxygen atoms in total. The van der Waals surface area contributed by atoms with Gasteiger partial charge < -0.3 is 14.0 Å². The second kappa shape index (κ2) is 6.43. The molecule has 0 amide bonds. The van der Waals surface area contributed by atoms with Gasteiger partial charge in [-0.05, 0) is 12.1 Å². The van der Waals surface area contributed by atoms with Gasteiger partial charge in [-0.2, -0.15) is 0 Å². The van der Waals surface area contributed by atoms with E-state index in [0.717, 1.165) is 22.2 Å². The van der Waals surface area contributed by atoms with E-state index in [-0.39, 0.29) is 0 Å². The van der Waals surface area contributed by atoms with Crippen LogP contribution in [0.3, 0.4) is 0 Å². The van der Waals surface area contributed by atoms with E-state index in [1.807, 2.05) is 22.9 Å². The molecule has 0 fully saturated rings. The Morgan fingerprint density at radius 2 is 2.05 bits per heavy atom. The van der Waals surface area contributed by atoms with Crippen molar-refractivity contribution in [3.05, 3.63) is 43.2 Å². The number of nitrogens with zero attached hydrogens (tertiary/aromatic N) is 4. The van der Waals surface area contributed by atoms with Gasteiger partial charge in [0.05, 0.1) is 13.2 Å². The van der Waals surface area contributed by atoms with Crippen LogP contribution in [0.2, 0.25) is 0 Å². The molecule has 3 heterocycles. The van der Waals surface area contributed by atoms with Crippen LogP contribution in [0, 0.1) is 0 Å². The van der Waals surface area contributed by atoms with E-state index in [9.17, 15) is 0 Å². The lowest BCUT2D eigenvalue weighted by atomic mass is 10.1. The first-order valence-electron chi connectivity index (χ1n) is 6.66. The molecule has 21 heavy (non-hydrogen) atoms. The van der Waals surface area contributed by atoms with Gasteiger partial charge in [0, 0.05) is 48.4 Å². The van der Waals surface area contributed by atoms with Crippen LogP contribution in [0.25, 0.3) is 22.2 Å². The van der Waals surface area contributed by atoms with Crippen LogP contribution in [0.5, 0.6) is 0 Å². The predicted molar refractivity (Wildman–Crippen MR) is 78.6 cm³/mol. The Hall–Kier alpha value is -2.31. The van der Waals surface area contributed by atoms with Crippen molar-refractivity contribution in [2.24, 2.45) is 0 Å². The zero-order valence-corrected chi connectivity index (χ0v) is 11.8. The molecular weight excluding hydrogens is 268 g/mol. The Morgan fingerprint density at radius 1 is 1.19 bits per heavy atom. The van der Waals surface area contributed by atoms with Crippen LogP contribution < -0.4 is 0 Å². The summed E-state index contributed by atoms with van der Waals surface area (Å²) in [5.41, 5.74) is 2.90. The van der Waals surface area contributed by atoms with Crippen LogP contribution in [0.1, 0.15) is 0 Å². The number of ether oxygens (including phenoxy) is 2. The van der Waals surface area contributed by atoms with Crippen molar-refractivity contribution < 1.29 is 9.47 Å². The Morgan fingerprint density at radius 3 is 2.86 bits per heavy atom. The maximum absolute atomic E-state index is 5.58. The highest BCUT2D eigenvalue weighted by Gasteiger charge is 2.11. The maximum Gasteiger partial charge on any atom is 0.142 e. The molecule has 0 spiro atoms. The van der Waals surface area contributed by atoms with Crippen molar-refractivity contribution in [3.8, 4) is 11.1 Å². The van der Waals surface area contributed by atoms with E-state index in [1.165, 1.54) is 6.33 Å². The molecule has 0 saturated carbocycles. The van der Waals surface area contributed by atoms with Gasteiger partial charge in [-0.15, -0.1) is 0 Å². The molecule has 0 atom stereocenters. The fraction of sp³-hybridized carbons (Fsp3) is 0.267. The van der Waals surface area contributed by atoms with Crippen molar-refractivity contribution in [2.75, 3.05) is 20.3 Å². The van der Waals surface area contributed by atoms with Gasteiger partial charge in [0.25, 0.3) is 0 Å². The van der Waals surface area contributed by atoms with E-state index in [0.29, 0.717) is 19.9 Å². The summed E-state index contributed by atoms with van der Waals surface area (Å²) in [6, 6.07) is 3.96. The zero-order valence-electron chi connectivity index (χ0n) is 11.8. The zero-order chi connectivity index (χ0) is 14.5. The highest BCUT2D eigenvalue weighted by Crippen LogP contribution is 2.28. The summed E-state index contributed by atoms with van der Waals surface area (Å²) < 4.78 is 12.5. The number of methoxy groups -OCH3 is 1. The van der Waals surface area contributed by atoms with Gasteiger partial charge >= 0.3 is 0 Å². The Kier molecular flexibility index (Phi) is 4.18. The van der Waals surface area contributed by atoms with Gasteiger partial charge in [0.15, 0.2) is 0 Å². The molecule has 0 aliphatic heterocycles. The molecule has 108 valence electrons. The minimum absolute atomic E-state index is 0.435. The van der Waals surface area contributed by atoms with E-state index in [1.54, 1.807) is 25.7 Å². The van der Waals surface area contributed by atoms with Crippen LogP contribution in [-0.4, -0.2) is 39.8 Å². The molecule has 3 aromatic heterocycles. The number of hydrogen-bond acceptors (Lipinski definition) is 5. The minimum Gasteiger partial charge on any atom is -0.382 e. The summed E-state index contributed by atoms with van der Waals surface area (Å²) in [6.45, 7) is 1.56. The lowest BCUT2D eigenvalue weighted by Crippen LogP contribution is -2.06. The average molecular weight is 284 g/mol. The Labute approximate surface area is 122 Å². The van der Waals surface area contributed by atoms with Crippen LogP contribution in [0.4, 0.5) is 0 Å². The molecule has 6 heteroatoms. The number of fused-ring (bicyclic) bond motifs is 1. The Bertz CT molecular complexity index is 712. The second-order valence-electron chi connectivity index (χ2n) is 4.54. The molecule has 0 radical (unpaired) electrons. The van der Waals surface area contributed by atoms with Gasteiger partial charge in [-0.25, -0.2) is 15.0 Å². The van der Waals surface area contributed by atoms with Crippen molar-refractivity contribution in [2.45, 2.75) is 6.73 Å². The van der Waals surface area contributed by atoms with Crippen LogP contribution >= 0.6 is 0 Å². The van der Waals surface area contributed by atoms with Gasteiger partial charge in [-0.3, -0.25) is 0 Å². The standard InChI is InChI=1S/C15H16N4O2/c1-20-5-6-21-11-19-9-14(12-7-16-10-17-8-12)13-3-2-4-18-15(13)19/h2-4,7-10H,5-6,11H2,1H3. The third-order valence-electron chi connectivity index (χ3n) is 3.17. The third kappa shape index (κ3) is 2.91. The van der Waals surface area contributed by atoms with E-state index in [4.69, 9.17) is 9.47 Å². The Balaban J connectivity index is 1.95. The summed E-state index contributed by atoms with van der Waals surface area (Å²) >= 11 is 0. The number of aromatic nitrogens is 4. The van der Waals surface area contributed by atoms with Crippen molar-refractivity contribution in [1.29, 1.82) is 0 Å². The smallest absolute Gasteiger partial charge is 0.142 e. The van der Waals surface area contributed by atoms with Crippen LogP contribution in [0.15, 0.2) is 43.2 Å². The molecule has 0 aliphatic carbocycles. The molecule has 0 N–H and O–H groups in total. The minimum atomic E-state index is 0.435. The molecule has 0 saturated heterocycles. The van der Waals surface area contributed by atoms with E-state index in [2.05, 4.69) is 15.0 Å². The van der Waals surface area contributed by atoms with Crippen molar-refractivity contribution in [3.63, 3.8) is 0 Å². The SMILES string of the molecule is COCCOCn1cc(-c2cncnc2)c2cccnc21. The first-order valence-corrected chi connectivity index (χ1v) is 6.66. The monoisotopic (exact) mass is 284 g/mol. The van der Waals surface area contributed by atoms with Gasteiger partial charge in [0.1, 0.15) is 18.7 Å². The molecular formula is C15H16N4O2. The lowest BCUT2D eigenvalue weighted by molar-refractivity contribution is 0.0358. The molecule has 0 aliphatic rings. The number of pyridine rings is 1. The predicted octanol–water partition coefficient (Wildman–Crippen LogP) is 2.11. The normalized spacial score (nSPS) is 11.1. The van der Waals surface area contributed by atoms with Gasteiger partial charge in [-0.1, -0.05) is 0 Å². The summed E-state index contributed by atoms with van der Waals surface area (Å²) in [7, 11) is 1.66. The van der Waals surface area contributed by atoms with Crippen LogP contribution in [-0.2, 0) is 16.2 Å². The first-order chi connectivity index (χ1) is 10.4. The fourth-order valence-electron chi connectivity index (χ4n) is 2.19. The fourth-order valence-corrected chi connectivity index (χ4v) is 2.19. The summed E-state index contributed by atoms with van der Waals surface area (Å²) in [5.74, 6) is 0. The number of hydrogen-bond donors (Lipinski definition) is 0. The second-order valence-corrected chi connectivity index (χ2v) is 4.54. The largest absolute Gasteiger partial charge is 0.382 e. The van der Waals surface area contributed by atoms with Gasteiger partial charge in [0.2, 0.25) is 0 Å². The quantitative estimate of drug-likeness (QED) is 0.649. The molecule has 0 unspecified atom stereocenters. The molecule has 3 aromatic rings. The highest BCUT2D eigenvalue weighted by atomic mass is 16.5. The summed E-state index contributed by atoms with van der Waals surface area (Å²) in [4.78, 5) is 12.6. The lowest BCUT2D eigenvalue weighted by Gasteiger charge is -2.05. The molecule has 0 aromatic carbocycles. The maximum atomic E-state index is 5.58. The van der Waals surface area contributed by atoms with E-state index >= 15 is 0 Å². The topological polar surface area (TPSA) is 62.1 Å². The third-order valence-corrected chi connectivity index (χ3v) is 3.17.